The van der Waals surface area contributed by atoms with Crippen LogP contribution in [0.25, 0.3) is 0 Å². The van der Waals surface area contributed by atoms with Gasteiger partial charge in [0.1, 0.15) is 0 Å². The molecule has 1 saturated heterocycles. The summed E-state index contributed by atoms with van der Waals surface area (Å²) in [5.74, 6) is 1.76. The van der Waals surface area contributed by atoms with Crippen molar-refractivity contribution in [1.82, 2.24) is 10.2 Å². The Bertz CT molecular complexity index is 300. The summed E-state index contributed by atoms with van der Waals surface area (Å²) in [7, 11) is 0. The third-order valence-electron chi connectivity index (χ3n) is 5.91. The van der Waals surface area contributed by atoms with Gasteiger partial charge in [-0.2, -0.15) is 0 Å². The highest BCUT2D eigenvalue weighted by Gasteiger charge is 2.38. The van der Waals surface area contributed by atoms with Gasteiger partial charge in [0.05, 0.1) is 6.61 Å². The first-order chi connectivity index (χ1) is 10.1. The van der Waals surface area contributed by atoms with E-state index in [4.69, 9.17) is 0 Å². The maximum atomic E-state index is 9.92. The van der Waals surface area contributed by atoms with Gasteiger partial charge in [-0.15, -0.1) is 0 Å². The van der Waals surface area contributed by atoms with E-state index in [1.54, 1.807) is 0 Å². The highest BCUT2D eigenvalue weighted by Crippen LogP contribution is 2.34. The second kappa shape index (κ2) is 7.94. The van der Waals surface area contributed by atoms with Gasteiger partial charge in [0, 0.05) is 11.6 Å². The lowest BCUT2D eigenvalue weighted by atomic mass is 9.77. The van der Waals surface area contributed by atoms with E-state index in [0.717, 1.165) is 37.6 Å². The van der Waals surface area contributed by atoms with Gasteiger partial charge >= 0.3 is 0 Å². The average Bonchev–Trinajstić information content (AvgIpc) is 2.53. The number of likely N-dealkylation sites (tertiary alicyclic amines) is 1. The zero-order valence-corrected chi connectivity index (χ0v) is 14.4. The van der Waals surface area contributed by atoms with Gasteiger partial charge < -0.3 is 15.3 Å². The van der Waals surface area contributed by atoms with Crippen LogP contribution in [0.3, 0.4) is 0 Å². The molecule has 0 spiro atoms. The van der Waals surface area contributed by atoms with Crippen molar-refractivity contribution in [1.29, 1.82) is 0 Å². The lowest BCUT2D eigenvalue weighted by molar-refractivity contribution is 0.0381. The molecular formula is C18H36N2O. The number of nitrogens with zero attached hydrogens (tertiary/aromatic N) is 1. The zero-order valence-electron chi connectivity index (χ0n) is 14.4. The number of aliphatic hydroxyl groups is 1. The van der Waals surface area contributed by atoms with Crippen molar-refractivity contribution in [2.75, 3.05) is 26.2 Å². The van der Waals surface area contributed by atoms with Crippen LogP contribution in [0.4, 0.5) is 0 Å². The first kappa shape index (κ1) is 17.2. The first-order valence-electron chi connectivity index (χ1n) is 9.20. The molecule has 1 aliphatic heterocycles. The second-order valence-electron chi connectivity index (χ2n) is 7.73. The fourth-order valence-electron chi connectivity index (χ4n) is 4.34. The Hall–Kier alpha value is -0.120. The summed E-state index contributed by atoms with van der Waals surface area (Å²) in [5, 5.41) is 13.6. The molecule has 3 nitrogen and oxygen atoms in total. The molecule has 1 aliphatic carbocycles. The maximum absolute atomic E-state index is 9.92. The van der Waals surface area contributed by atoms with Crippen molar-refractivity contribution in [3.05, 3.63) is 0 Å². The van der Waals surface area contributed by atoms with E-state index in [1.165, 1.54) is 38.8 Å². The number of nitrogens with one attached hydrogen (secondary N) is 1. The van der Waals surface area contributed by atoms with Crippen molar-refractivity contribution in [2.45, 2.75) is 77.3 Å². The Morgan fingerprint density at radius 3 is 2.52 bits per heavy atom. The van der Waals surface area contributed by atoms with Gasteiger partial charge in [-0.05, 0) is 76.4 Å². The molecule has 2 aliphatic rings. The molecule has 3 heteroatoms. The highest BCUT2D eigenvalue weighted by molar-refractivity contribution is 4.97. The maximum Gasteiger partial charge on any atom is 0.0613 e. The summed E-state index contributed by atoms with van der Waals surface area (Å²) < 4.78 is 0. The molecule has 2 fully saturated rings. The highest BCUT2D eigenvalue weighted by atomic mass is 16.3. The molecule has 0 bridgehead atoms. The fraction of sp³-hybridized carbons (Fsp3) is 1.00. The minimum atomic E-state index is -0.00613. The monoisotopic (exact) mass is 296 g/mol. The van der Waals surface area contributed by atoms with E-state index in [-0.39, 0.29) is 5.54 Å². The lowest BCUT2D eigenvalue weighted by Gasteiger charge is -2.46. The standard InChI is InChI=1S/C18H36N2O/c1-4-10-19-18(14-21)9-5-6-17(13-18)20-11-7-16(8-12-20)15(2)3/h15-17,19,21H,4-14H2,1-3H3. The van der Waals surface area contributed by atoms with Crippen LogP contribution in [0.2, 0.25) is 0 Å². The minimum absolute atomic E-state index is 0.00613. The van der Waals surface area contributed by atoms with E-state index in [2.05, 4.69) is 31.0 Å². The normalized spacial score (nSPS) is 32.7. The summed E-state index contributed by atoms with van der Waals surface area (Å²) in [4.78, 5) is 2.72. The predicted octanol–water partition coefficient (Wildman–Crippen LogP) is 3.03. The van der Waals surface area contributed by atoms with Crippen LogP contribution >= 0.6 is 0 Å². The molecule has 1 saturated carbocycles. The molecule has 21 heavy (non-hydrogen) atoms. The van der Waals surface area contributed by atoms with E-state index >= 15 is 0 Å². The van der Waals surface area contributed by atoms with Crippen molar-refractivity contribution in [2.24, 2.45) is 11.8 Å². The zero-order chi connectivity index (χ0) is 15.3. The van der Waals surface area contributed by atoms with Crippen molar-refractivity contribution in [3.63, 3.8) is 0 Å². The third-order valence-corrected chi connectivity index (χ3v) is 5.91. The van der Waals surface area contributed by atoms with Crippen LogP contribution in [-0.2, 0) is 0 Å². The number of rotatable bonds is 6. The quantitative estimate of drug-likeness (QED) is 0.791. The summed E-state index contributed by atoms with van der Waals surface area (Å²) in [6.07, 6.45) is 8.73. The van der Waals surface area contributed by atoms with Gasteiger partial charge in [-0.25, -0.2) is 0 Å². The van der Waals surface area contributed by atoms with Gasteiger partial charge in [-0.3, -0.25) is 0 Å². The molecule has 2 N–H and O–H groups in total. The Balaban J connectivity index is 1.89. The molecule has 0 aromatic carbocycles. The van der Waals surface area contributed by atoms with Crippen molar-refractivity contribution >= 4 is 0 Å². The van der Waals surface area contributed by atoms with Gasteiger partial charge in [-0.1, -0.05) is 20.8 Å². The molecule has 2 rings (SSSR count). The average molecular weight is 296 g/mol. The second-order valence-corrected chi connectivity index (χ2v) is 7.73. The summed E-state index contributed by atoms with van der Waals surface area (Å²) in [6.45, 7) is 10.8. The summed E-state index contributed by atoms with van der Waals surface area (Å²) >= 11 is 0. The minimum Gasteiger partial charge on any atom is -0.394 e. The van der Waals surface area contributed by atoms with E-state index in [1.807, 2.05) is 0 Å². The van der Waals surface area contributed by atoms with Crippen LogP contribution in [-0.4, -0.2) is 47.8 Å². The Labute approximate surface area is 131 Å². The largest absolute Gasteiger partial charge is 0.394 e. The summed E-state index contributed by atoms with van der Waals surface area (Å²) in [6, 6.07) is 0.684. The first-order valence-corrected chi connectivity index (χ1v) is 9.20. The Morgan fingerprint density at radius 2 is 1.95 bits per heavy atom. The Morgan fingerprint density at radius 1 is 1.24 bits per heavy atom. The molecule has 2 unspecified atom stereocenters. The van der Waals surface area contributed by atoms with Crippen LogP contribution in [0.15, 0.2) is 0 Å². The molecule has 124 valence electrons. The van der Waals surface area contributed by atoms with Crippen molar-refractivity contribution in [3.8, 4) is 0 Å². The number of hydrogen-bond acceptors (Lipinski definition) is 3. The van der Waals surface area contributed by atoms with Crippen molar-refractivity contribution < 1.29 is 5.11 Å². The molecule has 2 atom stereocenters. The third kappa shape index (κ3) is 4.43. The van der Waals surface area contributed by atoms with Crippen LogP contribution in [0, 0.1) is 11.8 Å². The van der Waals surface area contributed by atoms with Crippen LogP contribution in [0.1, 0.15) is 65.7 Å². The molecule has 1 heterocycles. The van der Waals surface area contributed by atoms with Crippen LogP contribution in [0.5, 0.6) is 0 Å². The summed E-state index contributed by atoms with van der Waals surface area (Å²) in [5.41, 5.74) is -0.00613. The topological polar surface area (TPSA) is 35.5 Å². The van der Waals surface area contributed by atoms with Gasteiger partial charge in [0.15, 0.2) is 0 Å². The van der Waals surface area contributed by atoms with E-state index < -0.39 is 0 Å². The van der Waals surface area contributed by atoms with Gasteiger partial charge in [0.25, 0.3) is 0 Å². The van der Waals surface area contributed by atoms with E-state index in [0.29, 0.717) is 12.6 Å². The number of aliphatic hydroxyl groups excluding tert-OH is 1. The Kier molecular flexibility index (Phi) is 6.51. The van der Waals surface area contributed by atoms with Crippen LogP contribution < -0.4 is 5.32 Å². The number of piperidine rings is 1. The van der Waals surface area contributed by atoms with E-state index in [9.17, 15) is 5.11 Å². The molecular weight excluding hydrogens is 260 g/mol. The number of hydrogen-bond donors (Lipinski definition) is 2. The van der Waals surface area contributed by atoms with Gasteiger partial charge in [0.2, 0.25) is 0 Å². The molecule has 0 aromatic heterocycles. The SMILES string of the molecule is CCCNC1(CO)CCCC(N2CCC(C(C)C)CC2)C1. The molecule has 0 aromatic rings. The molecule has 0 radical (unpaired) electrons. The fourth-order valence-corrected chi connectivity index (χ4v) is 4.34. The lowest BCUT2D eigenvalue weighted by Crippen LogP contribution is -2.56. The molecule has 0 amide bonds. The predicted molar refractivity (Wildman–Crippen MR) is 89.5 cm³/mol. The smallest absolute Gasteiger partial charge is 0.0613 e.